The van der Waals surface area contributed by atoms with Gasteiger partial charge in [-0.15, -0.1) is 0 Å². The van der Waals surface area contributed by atoms with E-state index >= 15 is 0 Å². The number of aromatic nitrogens is 2. The number of fused-ring (bicyclic) bond motifs is 1. The Morgan fingerprint density at radius 3 is 3.04 bits per heavy atom. The van der Waals surface area contributed by atoms with E-state index in [1.165, 1.54) is 12.8 Å². The summed E-state index contributed by atoms with van der Waals surface area (Å²) < 4.78 is 7.09. The van der Waals surface area contributed by atoms with Crippen molar-refractivity contribution in [1.82, 2.24) is 14.3 Å². The molecule has 124 valence electrons. The van der Waals surface area contributed by atoms with Gasteiger partial charge in [-0.3, -0.25) is 9.30 Å². The van der Waals surface area contributed by atoms with Crippen molar-refractivity contribution >= 4 is 17.3 Å². The van der Waals surface area contributed by atoms with E-state index in [1.807, 2.05) is 16.7 Å². The molecule has 0 saturated carbocycles. The number of pyridine rings is 1. The number of likely N-dealkylation sites (tertiary alicyclic amines) is 1. The number of hydrogen-bond acceptors (Lipinski definition) is 5. The maximum atomic E-state index is 12.3. The average molecular weight is 316 g/mol. The third kappa shape index (κ3) is 3.32. The monoisotopic (exact) mass is 316 g/mol. The Hall–Kier alpha value is -2.08. The molecule has 1 fully saturated rings. The molecule has 1 aliphatic heterocycles. The average Bonchev–Trinajstić information content (AvgIpc) is 2.86. The lowest BCUT2D eigenvalue weighted by atomic mass is 10.0. The molecule has 3 heterocycles. The number of ether oxygens (including phenoxy) is 1. The van der Waals surface area contributed by atoms with Gasteiger partial charge >= 0.3 is 5.97 Å². The van der Waals surface area contributed by atoms with Crippen LogP contribution >= 0.6 is 0 Å². The normalized spacial score (nSPS) is 19.1. The molecule has 3 rings (SSSR count). The van der Waals surface area contributed by atoms with Gasteiger partial charge in [0.05, 0.1) is 12.3 Å². The van der Waals surface area contributed by atoms with Crippen LogP contribution in [0.1, 0.15) is 42.9 Å². The van der Waals surface area contributed by atoms with Crippen molar-refractivity contribution in [3.05, 3.63) is 29.7 Å². The van der Waals surface area contributed by atoms with Crippen LogP contribution in [0.2, 0.25) is 0 Å². The van der Waals surface area contributed by atoms with Crippen LogP contribution in [-0.2, 0) is 11.3 Å². The Kier molecular flexibility index (Phi) is 4.52. The van der Waals surface area contributed by atoms with Crippen LogP contribution < -0.4 is 5.73 Å². The van der Waals surface area contributed by atoms with Gasteiger partial charge in [-0.1, -0.05) is 6.92 Å². The molecule has 0 aliphatic carbocycles. The summed E-state index contributed by atoms with van der Waals surface area (Å²) >= 11 is 0. The van der Waals surface area contributed by atoms with Crippen molar-refractivity contribution in [2.24, 2.45) is 5.92 Å². The minimum absolute atomic E-state index is 0.342. The molecule has 1 atom stereocenters. The zero-order valence-electron chi connectivity index (χ0n) is 13.8. The molecule has 0 amide bonds. The Labute approximate surface area is 136 Å². The summed E-state index contributed by atoms with van der Waals surface area (Å²) in [5.41, 5.74) is 8.55. The Morgan fingerprint density at radius 2 is 2.30 bits per heavy atom. The molecule has 1 saturated heterocycles. The van der Waals surface area contributed by atoms with Crippen LogP contribution in [0.5, 0.6) is 0 Å². The number of esters is 1. The highest BCUT2D eigenvalue weighted by molar-refractivity contribution is 5.89. The van der Waals surface area contributed by atoms with E-state index in [0.717, 1.165) is 24.4 Å². The first kappa shape index (κ1) is 15.8. The molecule has 0 aromatic carbocycles. The number of nitrogens with two attached hydrogens (primary N) is 1. The van der Waals surface area contributed by atoms with Crippen molar-refractivity contribution in [2.45, 2.75) is 33.2 Å². The first-order valence-corrected chi connectivity index (χ1v) is 8.24. The smallest absolute Gasteiger partial charge is 0.358 e. The van der Waals surface area contributed by atoms with E-state index in [9.17, 15) is 4.79 Å². The van der Waals surface area contributed by atoms with Crippen LogP contribution in [0, 0.1) is 5.92 Å². The summed E-state index contributed by atoms with van der Waals surface area (Å²) in [7, 11) is 0. The van der Waals surface area contributed by atoms with Crippen LogP contribution in [0.15, 0.2) is 18.3 Å². The topological polar surface area (TPSA) is 72.9 Å². The number of nitrogens with zero attached hydrogens (tertiary/aromatic N) is 3. The number of anilines is 1. The van der Waals surface area contributed by atoms with Crippen LogP contribution in [-0.4, -0.2) is 40.0 Å². The van der Waals surface area contributed by atoms with Crippen molar-refractivity contribution in [3.8, 4) is 0 Å². The summed E-state index contributed by atoms with van der Waals surface area (Å²) in [6.07, 6.45) is 4.28. The maximum absolute atomic E-state index is 12.3. The minimum Gasteiger partial charge on any atom is -0.461 e. The number of nitrogen functional groups attached to an aromatic ring is 1. The van der Waals surface area contributed by atoms with Crippen molar-refractivity contribution in [2.75, 3.05) is 25.4 Å². The second-order valence-corrected chi connectivity index (χ2v) is 6.30. The molecule has 1 unspecified atom stereocenters. The molecule has 0 bridgehead atoms. The first-order chi connectivity index (χ1) is 11.1. The van der Waals surface area contributed by atoms with Crippen LogP contribution in [0.3, 0.4) is 0 Å². The van der Waals surface area contributed by atoms with E-state index in [0.29, 0.717) is 30.5 Å². The predicted octanol–water partition coefficient (Wildman–Crippen LogP) is 2.33. The lowest BCUT2D eigenvalue weighted by Crippen LogP contribution is -2.34. The van der Waals surface area contributed by atoms with Crippen molar-refractivity contribution < 1.29 is 9.53 Å². The minimum atomic E-state index is -0.366. The number of carbonyl (C=O) groups excluding carboxylic acids is 1. The molecule has 2 aromatic heterocycles. The number of piperidine rings is 1. The number of carbonyl (C=O) groups is 1. The molecule has 0 radical (unpaired) electrons. The van der Waals surface area contributed by atoms with E-state index < -0.39 is 0 Å². The van der Waals surface area contributed by atoms with E-state index in [-0.39, 0.29) is 5.97 Å². The fourth-order valence-electron chi connectivity index (χ4n) is 3.27. The summed E-state index contributed by atoms with van der Waals surface area (Å²) in [4.78, 5) is 19.1. The fourth-order valence-corrected chi connectivity index (χ4v) is 3.27. The van der Waals surface area contributed by atoms with Gasteiger partial charge in [0.2, 0.25) is 0 Å². The molecule has 1 aliphatic rings. The standard InChI is InChI=1S/C17H24N4O2/c1-3-23-17(22)16-14(11-20-8-4-5-12(2)9-20)21-10-13(18)6-7-15(21)19-16/h6-7,10,12H,3-5,8-9,11,18H2,1-2H3. The maximum Gasteiger partial charge on any atom is 0.358 e. The van der Waals surface area contributed by atoms with Gasteiger partial charge in [-0.25, -0.2) is 9.78 Å². The number of rotatable bonds is 4. The second-order valence-electron chi connectivity index (χ2n) is 6.30. The van der Waals surface area contributed by atoms with Crippen LogP contribution in [0.25, 0.3) is 5.65 Å². The van der Waals surface area contributed by atoms with Crippen molar-refractivity contribution in [1.29, 1.82) is 0 Å². The van der Waals surface area contributed by atoms with E-state index in [2.05, 4.69) is 16.8 Å². The van der Waals surface area contributed by atoms with Crippen molar-refractivity contribution in [3.63, 3.8) is 0 Å². The molecule has 23 heavy (non-hydrogen) atoms. The Balaban J connectivity index is 1.98. The Bertz CT molecular complexity index is 710. The van der Waals surface area contributed by atoms with Gasteiger partial charge in [0.1, 0.15) is 5.65 Å². The SMILES string of the molecule is CCOC(=O)c1nc2ccc(N)cn2c1CN1CCCC(C)C1. The van der Waals surface area contributed by atoms with Gasteiger partial charge < -0.3 is 10.5 Å². The fraction of sp³-hybridized carbons (Fsp3) is 0.529. The zero-order valence-corrected chi connectivity index (χ0v) is 13.8. The molecule has 2 N–H and O–H groups in total. The summed E-state index contributed by atoms with van der Waals surface area (Å²) in [5, 5.41) is 0. The Morgan fingerprint density at radius 1 is 1.48 bits per heavy atom. The lowest BCUT2D eigenvalue weighted by molar-refractivity contribution is 0.0516. The molecular formula is C17H24N4O2. The molecule has 0 spiro atoms. The van der Waals surface area contributed by atoms with Gasteiger partial charge in [0, 0.05) is 25.0 Å². The lowest BCUT2D eigenvalue weighted by Gasteiger charge is -2.30. The van der Waals surface area contributed by atoms with Gasteiger partial charge in [0.15, 0.2) is 5.69 Å². The first-order valence-electron chi connectivity index (χ1n) is 8.24. The largest absolute Gasteiger partial charge is 0.461 e. The number of hydrogen-bond donors (Lipinski definition) is 1. The summed E-state index contributed by atoms with van der Waals surface area (Å²) in [6.45, 7) is 7.18. The van der Waals surface area contributed by atoms with E-state index in [4.69, 9.17) is 10.5 Å². The second kappa shape index (κ2) is 6.58. The van der Waals surface area contributed by atoms with Crippen LogP contribution in [0.4, 0.5) is 5.69 Å². The zero-order chi connectivity index (χ0) is 16.4. The van der Waals surface area contributed by atoms with Gasteiger partial charge in [-0.2, -0.15) is 0 Å². The van der Waals surface area contributed by atoms with E-state index in [1.54, 1.807) is 13.0 Å². The summed E-state index contributed by atoms with van der Waals surface area (Å²) in [5.74, 6) is 0.314. The third-order valence-electron chi connectivity index (χ3n) is 4.32. The quantitative estimate of drug-likeness (QED) is 0.876. The highest BCUT2D eigenvalue weighted by Crippen LogP contribution is 2.22. The van der Waals surface area contributed by atoms with Gasteiger partial charge in [-0.05, 0) is 44.4 Å². The third-order valence-corrected chi connectivity index (χ3v) is 4.32. The predicted molar refractivity (Wildman–Crippen MR) is 89.2 cm³/mol. The molecule has 6 nitrogen and oxygen atoms in total. The highest BCUT2D eigenvalue weighted by Gasteiger charge is 2.24. The number of imidazole rings is 1. The summed E-state index contributed by atoms with van der Waals surface area (Å²) in [6, 6.07) is 3.63. The molecular weight excluding hydrogens is 292 g/mol. The van der Waals surface area contributed by atoms with Gasteiger partial charge in [0.25, 0.3) is 0 Å². The molecule has 6 heteroatoms. The molecule has 2 aromatic rings. The highest BCUT2D eigenvalue weighted by atomic mass is 16.5.